The van der Waals surface area contributed by atoms with Crippen LogP contribution < -0.4 is 154 Å². The van der Waals surface area contributed by atoms with E-state index in [0.29, 0.717) is 0 Å². The minimum atomic E-state index is 0. The Hall–Kier alpha value is 6.36. The minimum absolute atomic E-state index is 0. The summed E-state index contributed by atoms with van der Waals surface area (Å²) in [4.78, 5) is 0. The van der Waals surface area contributed by atoms with E-state index in [9.17, 15) is 0 Å². The van der Waals surface area contributed by atoms with Crippen molar-refractivity contribution in [2.45, 2.75) is 0 Å². The monoisotopic (exact) mass is 300 g/mol. The molecule has 8 heavy (non-hydrogen) atoms. The topological polar surface area (TPSA) is 0 Å². The second-order valence-corrected chi connectivity index (χ2v) is 0. The third-order valence-corrected chi connectivity index (χ3v) is 0. The average molecular weight is 303 g/mol. The molecule has 0 bridgehead atoms. The van der Waals surface area contributed by atoms with Gasteiger partial charge in [0.2, 0.25) is 0 Å². The van der Waals surface area contributed by atoms with Crippen molar-refractivity contribution in [1.29, 1.82) is 0 Å². The first-order valence-electron chi connectivity index (χ1n) is 0. The molecule has 0 aromatic rings. The molecule has 46 valence electrons. The van der Waals surface area contributed by atoms with Crippen LogP contribution in [0, 0.1) is 0 Å². The Bertz CT molecular complexity index is 16.9. The summed E-state index contributed by atoms with van der Waals surface area (Å²) in [5.41, 5.74) is 0. The fraction of sp³-hybridized carbons (Fsp3) is 0. The van der Waals surface area contributed by atoms with Crippen LogP contribution in [-0.2, 0) is 0 Å². The summed E-state index contributed by atoms with van der Waals surface area (Å²) in [6.45, 7) is 0. The van der Waals surface area contributed by atoms with Crippen LogP contribution in [-0.4, -0.2) is 0 Å². The molecule has 0 saturated heterocycles. The average Bonchev–Trinajstić information content (AvgIpc) is 0. The summed E-state index contributed by atoms with van der Waals surface area (Å²) < 4.78 is 0. The second kappa shape index (κ2) is 50.5. The largest absolute Gasteiger partial charge is 1.00 e. The van der Waals surface area contributed by atoms with Gasteiger partial charge < -0.3 is 4.28 Å². The van der Waals surface area contributed by atoms with Crippen LogP contribution in [0.25, 0.3) is 0 Å². The summed E-state index contributed by atoms with van der Waals surface area (Å²) in [5, 5.41) is 0. The number of hydrogen-bond acceptors (Lipinski definition) is 0. The van der Waals surface area contributed by atoms with Gasteiger partial charge in [0.1, 0.15) is 0 Å². The van der Waals surface area contributed by atoms with Gasteiger partial charge in [-0.2, -0.15) is 0 Å². The van der Waals surface area contributed by atoms with Gasteiger partial charge >= 0.3 is 154 Å². The van der Waals surface area contributed by atoms with E-state index >= 15 is 0 Å². The molecule has 0 heterocycles. The summed E-state index contributed by atoms with van der Waals surface area (Å²) in [5.74, 6) is 0. The van der Waals surface area contributed by atoms with Crippen LogP contribution in [0.15, 0.2) is 0 Å². The number of halogens is 5. The van der Waals surface area contributed by atoms with Crippen molar-refractivity contribution in [3.05, 3.63) is 0 Å². The summed E-state index contributed by atoms with van der Waals surface area (Å²) in [6, 6.07) is 0. The first-order chi connectivity index (χ1) is 0. The van der Waals surface area contributed by atoms with E-state index in [0.717, 1.165) is 0 Å². The van der Waals surface area contributed by atoms with Crippen LogP contribution in [0.2, 0.25) is 0 Å². The van der Waals surface area contributed by atoms with E-state index in [4.69, 9.17) is 0 Å². The zero-order valence-corrected chi connectivity index (χ0v) is 18.5. The molecular weight excluding hydrogens is 295 g/mol. The molecule has 8 heteroatoms. The molecule has 0 radical (unpaired) electrons. The Labute approximate surface area is 213 Å². The maximum Gasteiger partial charge on any atom is 1.00 e. The van der Waals surface area contributed by atoms with Crippen LogP contribution >= 0.6 is 62.0 Å². The fourth-order valence-electron chi connectivity index (χ4n) is 0. The molecule has 0 atom stereocenters. The first kappa shape index (κ1) is 63.4. The van der Waals surface area contributed by atoms with Crippen LogP contribution in [0.1, 0.15) is 4.28 Å². The van der Waals surface area contributed by atoms with E-state index in [1.807, 2.05) is 0 Å². The Morgan fingerprint density at radius 3 is 0.375 bits per heavy atom. The molecule has 0 aliphatic heterocycles. The molecule has 0 N–H and O–H groups in total. The van der Waals surface area contributed by atoms with E-state index in [1.165, 1.54) is 0 Å². The third kappa shape index (κ3) is 39.4. The van der Waals surface area contributed by atoms with Gasteiger partial charge in [0.25, 0.3) is 0 Å². The first-order valence-corrected chi connectivity index (χ1v) is 0. The van der Waals surface area contributed by atoms with Crippen molar-refractivity contribution in [2.24, 2.45) is 0 Å². The Morgan fingerprint density at radius 1 is 0.375 bits per heavy atom. The minimum Gasteiger partial charge on any atom is -1.00 e. The van der Waals surface area contributed by atoms with Gasteiger partial charge in [0.05, 0.1) is 0 Å². The van der Waals surface area contributed by atoms with Gasteiger partial charge in [-0.15, -0.1) is 62.0 Å². The smallest absolute Gasteiger partial charge is 1.00 e. The van der Waals surface area contributed by atoms with Crippen molar-refractivity contribution < 1.29 is 158 Å². The molecule has 0 rings (SSSR count). The molecule has 0 spiro atoms. The molecule has 0 amide bonds. The van der Waals surface area contributed by atoms with E-state index in [2.05, 4.69) is 0 Å². The predicted molar refractivity (Wildman–Crippen MR) is 39.6 cm³/mol. The molecule has 0 aromatic heterocycles. The quantitative estimate of drug-likeness (QED) is 0.391. The van der Waals surface area contributed by atoms with Crippen molar-refractivity contribution in [3.8, 4) is 0 Å². The van der Waals surface area contributed by atoms with Crippen molar-refractivity contribution >= 4 is 62.0 Å². The van der Waals surface area contributed by atoms with Crippen LogP contribution in [0.4, 0.5) is 0 Å². The van der Waals surface area contributed by atoms with Gasteiger partial charge in [0, 0.05) is 0 Å². The van der Waals surface area contributed by atoms with Gasteiger partial charge in [-0.1, -0.05) is 0 Å². The van der Waals surface area contributed by atoms with Crippen molar-refractivity contribution in [2.75, 3.05) is 0 Å². The van der Waals surface area contributed by atoms with Crippen molar-refractivity contribution in [3.63, 3.8) is 0 Å². The number of rotatable bonds is 0. The fourth-order valence-corrected chi connectivity index (χ4v) is 0. The molecule has 0 fully saturated rings. The van der Waals surface area contributed by atoms with Gasteiger partial charge in [-0.25, -0.2) is 0 Å². The van der Waals surface area contributed by atoms with E-state index in [1.54, 1.807) is 0 Å². The van der Waals surface area contributed by atoms with Crippen molar-refractivity contribution in [1.82, 2.24) is 0 Å². The molecular formula is H8Cl5K3. The predicted octanol–water partition coefficient (Wildman–Crippen LogP) is -6.54. The normalized spacial score (nSPS) is 0. The molecule has 0 aliphatic carbocycles. The van der Waals surface area contributed by atoms with E-state index < -0.39 is 0 Å². The molecule has 0 saturated carbocycles. The van der Waals surface area contributed by atoms with Gasteiger partial charge in [0.15, 0.2) is 0 Å². The number of hydrogen-bond donors (Lipinski definition) is 0. The second-order valence-electron chi connectivity index (χ2n) is 0. The summed E-state index contributed by atoms with van der Waals surface area (Å²) in [7, 11) is 0. The summed E-state index contributed by atoms with van der Waals surface area (Å²) in [6.07, 6.45) is 0. The van der Waals surface area contributed by atoms with Gasteiger partial charge in [-0.3, -0.25) is 0 Å². The summed E-state index contributed by atoms with van der Waals surface area (Å²) >= 11 is 0. The standard InChI is InChI=1S/5ClH.3K.3H/h5*1H;;;;;;/q;;;;;3*+1;3*-1. The Morgan fingerprint density at radius 2 is 0.375 bits per heavy atom. The SMILES string of the molecule is Cl.Cl.Cl.Cl.Cl.[H-].[H-].[H-].[K+].[K+].[K+]. The molecule has 0 aliphatic rings. The zero-order valence-electron chi connectivity index (χ0n) is 8.04. The van der Waals surface area contributed by atoms with Gasteiger partial charge in [-0.05, 0) is 0 Å². The van der Waals surface area contributed by atoms with Crippen LogP contribution in [0.5, 0.6) is 0 Å². The third-order valence-electron chi connectivity index (χ3n) is 0. The van der Waals surface area contributed by atoms with E-state index in [-0.39, 0.29) is 220 Å². The Kier molecular flexibility index (Phi) is 400. The molecule has 0 unspecified atom stereocenters. The Balaban J connectivity index is 0. The maximum absolute atomic E-state index is 0. The van der Waals surface area contributed by atoms with Crippen LogP contribution in [0.3, 0.4) is 0 Å². The molecule has 0 aromatic carbocycles. The zero-order chi connectivity index (χ0) is 0. The molecule has 0 nitrogen and oxygen atoms in total. The maximum atomic E-state index is 0.